The Hall–Kier alpha value is -1.58. The zero-order valence-electron chi connectivity index (χ0n) is 8.90. The molecule has 0 unspecified atom stereocenters. The summed E-state index contributed by atoms with van der Waals surface area (Å²) in [5, 5.41) is 3.14. The van der Waals surface area contributed by atoms with E-state index in [1.807, 2.05) is 19.1 Å². The molecular formula is C11H16N4. The van der Waals surface area contributed by atoms with Crippen molar-refractivity contribution in [2.75, 3.05) is 0 Å². The first-order chi connectivity index (χ1) is 7.25. The zero-order chi connectivity index (χ0) is 10.7. The van der Waals surface area contributed by atoms with Crippen LogP contribution in [0.3, 0.4) is 0 Å². The number of hydrogen-bond donors (Lipinski definition) is 2. The second kappa shape index (κ2) is 4.29. The average Bonchev–Trinajstić information content (AvgIpc) is 3.00. The fraction of sp³-hybridized carbons (Fsp3) is 0.455. The molecule has 1 aromatic heterocycles. The first kappa shape index (κ1) is 9.96. The normalized spacial score (nSPS) is 16.5. The smallest absolute Gasteiger partial charge is 0.189 e. The number of aryl methyl sites for hydroxylation is 1. The second-order valence-electron chi connectivity index (χ2n) is 3.89. The number of rotatable bonds is 3. The molecule has 80 valence electrons. The summed E-state index contributed by atoms with van der Waals surface area (Å²) < 4.78 is 0. The number of nitrogens with zero attached hydrogens (tertiary/aromatic N) is 2. The molecule has 0 aliphatic heterocycles. The van der Waals surface area contributed by atoms with Crippen LogP contribution in [0, 0.1) is 6.92 Å². The Kier molecular flexibility index (Phi) is 2.85. The van der Waals surface area contributed by atoms with E-state index >= 15 is 0 Å². The highest BCUT2D eigenvalue weighted by Gasteiger charge is 2.21. The van der Waals surface area contributed by atoms with Crippen molar-refractivity contribution < 1.29 is 0 Å². The van der Waals surface area contributed by atoms with Crippen LogP contribution in [0.4, 0.5) is 0 Å². The third-order valence-corrected chi connectivity index (χ3v) is 2.45. The number of aliphatic imine (C=N–C) groups is 1. The Balaban J connectivity index is 1.93. The minimum absolute atomic E-state index is 0.530. The van der Waals surface area contributed by atoms with Gasteiger partial charge >= 0.3 is 0 Å². The van der Waals surface area contributed by atoms with Gasteiger partial charge in [-0.05, 0) is 31.4 Å². The number of nitrogens with one attached hydrogen (secondary N) is 1. The Morgan fingerprint density at radius 3 is 3.13 bits per heavy atom. The third-order valence-electron chi connectivity index (χ3n) is 2.45. The zero-order valence-corrected chi connectivity index (χ0v) is 8.90. The standard InChI is InChI=1S/C11H16N4/c1-8-3-2-6-13-10(8)7-14-11(12)15-9-4-5-9/h2-3,6,9H,4-5,7H2,1H3,(H3,12,14,15). The van der Waals surface area contributed by atoms with Gasteiger partial charge in [0, 0.05) is 12.2 Å². The van der Waals surface area contributed by atoms with Gasteiger partial charge in [0.05, 0.1) is 12.2 Å². The van der Waals surface area contributed by atoms with Crippen LogP contribution in [0.5, 0.6) is 0 Å². The molecule has 0 bridgehead atoms. The quantitative estimate of drug-likeness (QED) is 0.569. The molecule has 1 aromatic rings. The lowest BCUT2D eigenvalue weighted by Gasteiger charge is -2.04. The first-order valence-corrected chi connectivity index (χ1v) is 5.22. The summed E-state index contributed by atoms with van der Waals surface area (Å²) in [6.45, 7) is 2.58. The molecule has 0 saturated heterocycles. The largest absolute Gasteiger partial charge is 0.370 e. The second-order valence-corrected chi connectivity index (χ2v) is 3.89. The van der Waals surface area contributed by atoms with E-state index < -0.39 is 0 Å². The van der Waals surface area contributed by atoms with E-state index in [2.05, 4.69) is 15.3 Å². The van der Waals surface area contributed by atoms with E-state index in [0.29, 0.717) is 18.5 Å². The molecule has 0 spiro atoms. The lowest BCUT2D eigenvalue weighted by Crippen LogP contribution is -2.33. The van der Waals surface area contributed by atoms with Crippen LogP contribution in [0.1, 0.15) is 24.1 Å². The minimum Gasteiger partial charge on any atom is -0.370 e. The van der Waals surface area contributed by atoms with Crippen LogP contribution in [0.2, 0.25) is 0 Å². The fourth-order valence-electron chi connectivity index (χ4n) is 1.33. The summed E-state index contributed by atoms with van der Waals surface area (Å²) in [5.74, 6) is 0.530. The van der Waals surface area contributed by atoms with Crippen LogP contribution >= 0.6 is 0 Å². The summed E-state index contributed by atoms with van der Waals surface area (Å²) in [6, 6.07) is 4.51. The van der Waals surface area contributed by atoms with E-state index in [0.717, 1.165) is 11.3 Å². The van der Waals surface area contributed by atoms with Crippen molar-refractivity contribution >= 4 is 5.96 Å². The van der Waals surface area contributed by atoms with Crippen LogP contribution in [0.25, 0.3) is 0 Å². The summed E-state index contributed by atoms with van der Waals surface area (Å²) in [4.78, 5) is 8.51. The van der Waals surface area contributed by atoms with Gasteiger partial charge in [-0.1, -0.05) is 6.07 Å². The molecule has 1 aliphatic carbocycles. The Labute approximate surface area is 89.6 Å². The maximum Gasteiger partial charge on any atom is 0.189 e. The average molecular weight is 204 g/mol. The topological polar surface area (TPSA) is 63.3 Å². The van der Waals surface area contributed by atoms with Gasteiger partial charge in [0.1, 0.15) is 0 Å². The molecule has 0 amide bonds. The van der Waals surface area contributed by atoms with E-state index in [4.69, 9.17) is 5.73 Å². The van der Waals surface area contributed by atoms with Gasteiger partial charge in [0.2, 0.25) is 0 Å². The van der Waals surface area contributed by atoms with Gasteiger partial charge in [-0.2, -0.15) is 0 Å². The summed E-state index contributed by atoms with van der Waals surface area (Å²) in [7, 11) is 0. The Morgan fingerprint density at radius 1 is 1.67 bits per heavy atom. The first-order valence-electron chi connectivity index (χ1n) is 5.22. The minimum atomic E-state index is 0.530. The summed E-state index contributed by atoms with van der Waals surface area (Å²) in [6.07, 6.45) is 4.19. The summed E-state index contributed by atoms with van der Waals surface area (Å²) >= 11 is 0. The lowest BCUT2D eigenvalue weighted by atomic mass is 10.2. The molecule has 0 aromatic carbocycles. The molecule has 15 heavy (non-hydrogen) atoms. The number of nitrogens with two attached hydrogens (primary N) is 1. The van der Waals surface area contributed by atoms with Crippen LogP contribution in [-0.4, -0.2) is 17.0 Å². The number of hydrogen-bond acceptors (Lipinski definition) is 2. The summed E-state index contributed by atoms with van der Waals surface area (Å²) in [5.41, 5.74) is 7.86. The van der Waals surface area contributed by atoms with Crippen molar-refractivity contribution in [3.05, 3.63) is 29.6 Å². The highest BCUT2D eigenvalue weighted by molar-refractivity contribution is 5.78. The van der Waals surface area contributed by atoms with Crippen molar-refractivity contribution in [1.29, 1.82) is 0 Å². The Bertz CT molecular complexity index is 369. The highest BCUT2D eigenvalue weighted by Crippen LogP contribution is 2.18. The van der Waals surface area contributed by atoms with Gasteiger partial charge in [0.15, 0.2) is 5.96 Å². The van der Waals surface area contributed by atoms with E-state index in [9.17, 15) is 0 Å². The van der Waals surface area contributed by atoms with Crippen LogP contribution in [0.15, 0.2) is 23.3 Å². The molecule has 4 nitrogen and oxygen atoms in total. The third kappa shape index (κ3) is 2.94. The molecule has 1 heterocycles. The van der Waals surface area contributed by atoms with Crippen LogP contribution < -0.4 is 11.1 Å². The van der Waals surface area contributed by atoms with Crippen LogP contribution in [-0.2, 0) is 6.54 Å². The van der Waals surface area contributed by atoms with Crippen molar-refractivity contribution in [3.63, 3.8) is 0 Å². The molecule has 4 heteroatoms. The molecule has 0 radical (unpaired) electrons. The maximum absolute atomic E-state index is 5.72. The highest BCUT2D eigenvalue weighted by atomic mass is 15.1. The number of guanidine groups is 1. The van der Waals surface area contributed by atoms with Crippen molar-refractivity contribution in [2.45, 2.75) is 32.4 Å². The molecule has 1 fully saturated rings. The van der Waals surface area contributed by atoms with Crippen molar-refractivity contribution in [2.24, 2.45) is 10.7 Å². The van der Waals surface area contributed by atoms with Gasteiger partial charge in [-0.15, -0.1) is 0 Å². The SMILES string of the molecule is Cc1cccnc1CN=C(N)NC1CC1. The lowest BCUT2D eigenvalue weighted by molar-refractivity contribution is 0.869. The molecular weight excluding hydrogens is 188 g/mol. The predicted octanol–water partition coefficient (Wildman–Crippen LogP) is 0.957. The number of aromatic nitrogens is 1. The van der Waals surface area contributed by atoms with E-state index in [-0.39, 0.29) is 0 Å². The van der Waals surface area contributed by atoms with Crippen molar-refractivity contribution in [3.8, 4) is 0 Å². The van der Waals surface area contributed by atoms with Gasteiger partial charge in [-0.25, -0.2) is 4.99 Å². The maximum atomic E-state index is 5.72. The van der Waals surface area contributed by atoms with Gasteiger partial charge < -0.3 is 11.1 Å². The van der Waals surface area contributed by atoms with Gasteiger partial charge in [0.25, 0.3) is 0 Å². The number of pyridine rings is 1. The van der Waals surface area contributed by atoms with E-state index in [1.54, 1.807) is 6.20 Å². The van der Waals surface area contributed by atoms with Gasteiger partial charge in [-0.3, -0.25) is 4.98 Å². The molecule has 3 N–H and O–H groups in total. The van der Waals surface area contributed by atoms with E-state index in [1.165, 1.54) is 12.8 Å². The molecule has 2 rings (SSSR count). The fourth-order valence-corrected chi connectivity index (χ4v) is 1.33. The monoisotopic (exact) mass is 204 g/mol. The molecule has 1 aliphatic rings. The molecule has 1 saturated carbocycles. The molecule has 0 atom stereocenters. The Morgan fingerprint density at radius 2 is 2.47 bits per heavy atom. The van der Waals surface area contributed by atoms with Crippen molar-refractivity contribution in [1.82, 2.24) is 10.3 Å². The predicted molar refractivity (Wildman–Crippen MR) is 60.5 cm³/mol.